The van der Waals surface area contributed by atoms with Gasteiger partial charge in [-0.1, -0.05) is 0 Å². The van der Waals surface area contributed by atoms with E-state index < -0.39 is 37.7 Å². The maximum Gasteiger partial charge on any atom is 0.235 e. The number of fused-ring (bicyclic) bond motifs is 2. The second-order valence-electron chi connectivity index (χ2n) is 8.87. The maximum atomic E-state index is 14.4. The number of nitriles is 1. The molecule has 0 bridgehead atoms. The summed E-state index contributed by atoms with van der Waals surface area (Å²) >= 11 is 0. The van der Waals surface area contributed by atoms with Gasteiger partial charge in [0, 0.05) is 36.2 Å². The van der Waals surface area contributed by atoms with E-state index in [0.29, 0.717) is 38.0 Å². The summed E-state index contributed by atoms with van der Waals surface area (Å²) < 4.78 is 57.7. The zero-order valence-corrected chi connectivity index (χ0v) is 19.7. The number of anilines is 1. The van der Waals surface area contributed by atoms with Crippen LogP contribution in [-0.4, -0.2) is 51.7 Å². The van der Waals surface area contributed by atoms with Crippen molar-refractivity contribution in [1.82, 2.24) is 4.90 Å². The molecule has 2 heterocycles. The zero-order valence-electron chi connectivity index (χ0n) is 18.9. The number of nitrogens with one attached hydrogen (secondary N) is 1. The van der Waals surface area contributed by atoms with Gasteiger partial charge in [0.05, 0.1) is 22.3 Å². The molecule has 0 aromatic heterocycles. The lowest BCUT2D eigenvalue weighted by Gasteiger charge is -2.38. The molecule has 2 aliphatic rings. The lowest BCUT2D eigenvalue weighted by molar-refractivity contribution is -0.122. The van der Waals surface area contributed by atoms with Crippen LogP contribution in [0.1, 0.15) is 41.7 Å². The Labute approximate surface area is 197 Å². The third-order valence-corrected chi connectivity index (χ3v) is 8.35. The Bertz CT molecular complexity index is 1260. The molecule has 1 fully saturated rings. The molecular weight excluding hydrogens is 464 g/mol. The first kappa shape index (κ1) is 24.1. The summed E-state index contributed by atoms with van der Waals surface area (Å²) in [5, 5.41) is 10.8. The van der Waals surface area contributed by atoms with Crippen LogP contribution in [0.25, 0.3) is 0 Å². The Balaban J connectivity index is 1.36. The van der Waals surface area contributed by atoms with Gasteiger partial charge in [-0.25, -0.2) is 17.2 Å². The molecule has 1 spiro atoms. The SMILES string of the molecule is C[C@@H](c1c(F)cc(OCCN2CCC3(CC2)C(=O)Nc2ccc(C#N)cc23)cc1F)S(C)(=O)=O. The van der Waals surface area contributed by atoms with Crippen LogP contribution >= 0.6 is 0 Å². The summed E-state index contributed by atoms with van der Waals surface area (Å²) in [6.07, 6.45) is 2.10. The van der Waals surface area contributed by atoms with Gasteiger partial charge in [-0.2, -0.15) is 5.26 Å². The molecule has 2 aromatic carbocycles. The van der Waals surface area contributed by atoms with E-state index in [-0.39, 0.29) is 18.3 Å². The second-order valence-corrected chi connectivity index (χ2v) is 11.2. The third kappa shape index (κ3) is 4.38. The second kappa shape index (κ2) is 8.96. The molecule has 2 aliphatic heterocycles. The number of amides is 1. The molecule has 4 rings (SSSR count). The number of carbonyl (C=O) groups excluding carboxylic acids is 1. The van der Waals surface area contributed by atoms with Crippen molar-refractivity contribution in [3.63, 3.8) is 0 Å². The quantitative estimate of drug-likeness (QED) is 0.669. The van der Waals surface area contributed by atoms with E-state index in [1.54, 1.807) is 18.2 Å². The number of likely N-dealkylation sites (tertiary alicyclic amines) is 1. The fourth-order valence-corrected chi connectivity index (χ4v) is 5.33. The van der Waals surface area contributed by atoms with Crippen LogP contribution in [0, 0.1) is 23.0 Å². The van der Waals surface area contributed by atoms with Gasteiger partial charge in [-0.05, 0) is 56.6 Å². The first-order valence-corrected chi connectivity index (χ1v) is 12.9. The summed E-state index contributed by atoms with van der Waals surface area (Å²) in [7, 11) is -3.65. The van der Waals surface area contributed by atoms with Crippen LogP contribution in [-0.2, 0) is 20.0 Å². The van der Waals surface area contributed by atoms with Gasteiger partial charge in [0.2, 0.25) is 5.91 Å². The topological polar surface area (TPSA) is 99.5 Å². The highest BCUT2D eigenvalue weighted by atomic mass is 32.2. The molecule has 0 saturated carbocycles. The van der Waals surface area contributed by atoms with E-state index in [0.717, 1.165) is 29.6 Å². The van der Waals surface area contributed by atoms with Crippen molar-refractivity contribution < 1.29 is 26.7 Å². The van der Waals surface area contributed by atoms with Gasteiger partial charge in [-0.15, -0.1) is 0 Å². The molecular formula is C24H25F2N3O4S. The highest BCUT2D eigenvalue weighted by Gasteiger charge is 2.48. The van der Waals surface area contributed by atoms with Crippen LogP contribution in [0.2, 0.25) is 0 Å². The first-order chi connectivity index (χ1) is 16.0. The van der Waals surface area contributed by atoms with Crippen LogP contribution in [0.3, 0.4) is 0 Å². The summed E-state index contributed by atoms with van der Waals surface area (Å²) in [5.41, 5.74) is 0.978. The molecule has 0 radical (unpaired) electrons. The standard InChI is InChI=1S/C24H25F2N3O4S/c1-15(34(2,31)32)22-19(25)12-17(13-20(22)26)33-10-9-29-7-5-24(6-8-29)18-11-16(14-27)3-4-21(18)28-23(24)30/h3-4,11-13,15H,5-10H2,1-2H3,(H,28,30)/t15-/m0/s1. The predicted molar refractivity (Wildman–Crippen MR) is 122 cm³/mol. The number of rotatable bonds is 6. The Morgan fingerprint density at radius 3 is 2.44 bits per heavy atom. The van der Waals surface area contributed by atoms with Crippen LogP contribution in [0.5, 0.6) is 5.75 Å². The fraction of sp³-hybridized carbons (Fsp3) is 0.417. The third-order valence-electron chi connectivity index (χ3n) is 6.83. The molecule has 2 aromatic rings. The maximum absolute atomic E-state index is 14.4. The Morgan fingerprint density at radius 1 is 1.21 bits per heavy atom. The molecule has 1 atom stereocenters. The van der Waals surface area contributed by atoms with Gasteiger partial charge < -0.3 is 10.1 Å². The van der Waals surface area contributed by atoms with Crippen molar-refractivity contribution in [3.05, 3.63) is 58.7 Å². The highest BCUT2D eigenvalue weighted by Crippen LogP contribution is 2.45. The predicted octanol–water partition coefficient (Wildman–Crippen LogP) is 3.31. The van der Waals surface area contributed by atoms with Gasteiger partial charge in [0.15, 0.2) is 9.84 Å². The van der Waals surface area contributed by atoms with Crippen LogP contribution < -0.4 is 10.1 Å². The number of nitrogens with zero attached hydrogens (tertiary/aromatic N) is 2. The van der Waals surface area contributed by atoms with E-state index in [4.69, 9.17) is 4.74 Å². The van der Waals surface area contributed by atoms with Crippen molar-refractivity contribution >= 4 is 21.4 Å². The zero-order chi connectivity index (χ0) is 24.7. The number of piperidine rings is 1. The largest absolute Gasteiger partial charge is 0.492 e. The molecule has 7 nitrogen and oxygen atoms in total. The molecule has 1 amide bonds. The molecule has 180 valence electrons. The molecule has 10 heteroatoms. The van der Waals surface area contributed by atoms with Crippen LogP contribution in [0.15, 0.2) is 30.3 Å². The number of hydrogen-bond donors (Lipinski definition) is 1. The van der Waals surface area contributed by atoms with Crippen molar-refractivity contribution in [3.8, 4) is 11.8 Å². The summed E-state index contributed by atoms with van der Waals surface area (Å²) in [4.78, 5) is 14.9. The number of hydrogen-bond acceptors (Lipinski definition) is 6. The van der Waals surface area contributed by atoms with Gasteiger partial charge in [0.1, 0.15) is 24.0 Å². The lowest BCUT2D eigenvalue weighted by Crippen LogP contribution is -2.47. The lowest BCUT2D eigenvalue weighted by atomic mass is 9.73. The Hall–Kier alpha value is -3.03. The van der Waals surface area contributed by atoms with Gasteiger partial charge in [0.25, 0.3) is 0 Å². The van der Waals surface area contributed by atoms with Gasteiger partial charge >= 0.3 is 0 Å². The van der Waals surface area contributed by atoms with E-state index in [1.165, 1.54) is 6.92 Å². The van der Waals surface area contributed by atoms with E-state index in [9.17, 15) is 27.3 Å². The summed E-state index contributed by atoms with van der Waals surface area (Å²) in [5.74, 6) is -1.99. The Kier molecular flexibility index (Phi) is 6.36. The van der Waals surface area contributed by atoms with E-state index in [1.807, 2.05) is 0 Å². The minimum atomic E-state index is -3.65. The minimum absolute atomic E-state index is 0.0129. The smallest absolute Gasteiger partial charge is 0.235 e. The minimum Gasteiger partial charge on any atom is -0.492 e. The average molecular weight is 490 g/mol. The average Bonchev–Trinajstić information content (AvgIpc) is 3.04. The number of ether oxygens (including phenoxy) is 1. The van der Waals surface area contributed by atoms with Crippen molar-refractivity contribution in [1.29, 1.82) is 5.26 Å². The van der Waals surface area contributed by atoms with Crippen molar-refractivity contribution in [2.75, 3.05) is 37.8 Å². The fourth-order valence-electron chi connectivity index (χ4n) is 4.68. The first-order valence-electron chi connectivity index (χ1n) is 10.9. The number of halogens is 2. The number of benzene rings is 2. The molecule has 0 unspecified atom stereocenters. The van der Waals surface area contributed by atoms with Gasteiger partial charge in [-0.3, -0.25) is 9.69 Å². The number of carbonyl (C=O) groups is 1. The Morgan fingerprint density at radius 2 is 1.85 bits per heavy atom. The highest BCUT2D eigenvalue weighted by molar-refractivity contribution is 7.90. The van der Waals surface area contributed by atoms with Crippen molar-refractivity contribution in [2.45, 2.75) is 30.4 Å². The normalized spacial score (nSPS) is 18.3. The summed E-state index contributed by atoms with van der Waals surface area (Å²) in [6, 6.07) is 9.35. The molecule has 34 heavy (non-hydrogen) atoms. The van der Waals surface area contributed by atoms with E-state index in [2.05, 4.69) is 16.3 Å². The molecule has 0 aliphatic carbocycles. The molecule has 1 N–H and O–H groups in total. The number of sulfone groups is 1. The molecule has 1 saturated heterocycles. The van der Waals surface area contributed by atoms with Crippen LogP contribution in [0.4, 0.5) is 14.5 Å². The summed E-state index contributed by atoms with van der Waals surface area (Å²) in [6.45, 7) is 3.16. The monoisotopic (exact) mass is 489 g/mol. The van der Waals surface area contributed by atoms with E-state index >= 15 is 0 Å². The van der Waals surface area contributed by atoms with Crippen molar-refractivity contribution in [2.24, 2.45) is 0 Å².